The number of rotatable bonds is 7. The Kier molecular flexibility index (Phi) is 7.40. The van der Waals surface area contributed by atoms with Crippen molar-refractivity contribution in [2.24, 2.45) is 5.92 Å². The largest absolute Gasteiger partial charge is 0.466 e. The Labute approximate surface area is 114 Å². The van der Waals surface area contributed by atoms with Crippen LogP contribution in [0.25, 0.3) is 0 Å². The van der Waals surface area contributed by atoms with E-state index < -0.39 is 15.1 Å². The summed E-state index contributed by atoms with van der Waals surface area (Å²) in [7, 11) is -3.45. The molecule has 0 rings (SSSR count). The second kappa shape index (κ2) is 7.69. The van der Waals surface area contributed by atoms with Gasteiger partial charge in [0, 0.05) is 6.42 Å². The number of hydrogen-bond donors (Lipinski definition) is 0. The quantitative estimate of drug-likeness (QED) is 0.535. The number of allylic oxidation sites excluding steroid dienone is 1. The van der Waals surface area contributed by atoms with Gasteiger partial charge in [0.1, 0.15) is 10.3 Å². The van der Waals surface area contributed by atoms with E-state index in [-0.39, 0.29) is 22.7 Å². The Morgan fingerprint density at radius 1 is 1.44 bits per heavy atom. The lowest BCUT2D eigenvalue weighted by atomic mass is 10.1. The van der Waals surface area contributed by atoms with Crippen molar-refractivity contribution in [2.45, 2.75) is 38.9 Å². The minimum atomic E-state index is -3.45. The first-order chi connectivity index (χ1) is 8.21. The lowest BCUT2D eigenvalue weighted by Crippen LogP contribution is -2.14. The summed E-state index contributed by atoms with van der Waals surface area (Å²) in [6.07, 6.45) is 1.98. The maximum Gasteiger partial charge on any atom is 0.305 e. The van der Waals surface area contributed by atoms with Crippen LogP contribution >= 0.6 is 11.6 Å². The summed E-state index contributed by atoms with van der Waals surface area (Å²) in [6, 6.07) is 0. The number of halogens is 1. The van der Waals surface area contributed by atoms with E-state index in [1.165, 1.54) is 6.08 Å². The lowest BCUT2D eigenvalue weighted by Gasteiger charge is -2.07. The van der Waals surface area contributed by atoms with E-state index in [4.69, 9.17) is 16.3 Å². The predicted molar refractivity (Wildman–Crippen MR) is 72.7 cm³/mol. The van der Waals surface area contributed by atoms with Gasteiger partial charge in [-0.3, -0.25) is 4.79 Å². The van der Waals surface area contributed by atoms with Gasteiger partial charge < -0.3 is 4.74 Å². The van der Waals surface area contributed by atoms with Gasteiger partial charge in [-0.25, -0.2) is 8.42 Å². The summed E-state index contributed by atoms with van der Waals surface area (Å²) in [6.45, 7) is 8.93. The molecule has 0 radical (unpaired) electrons. The zero-order valence-corrected chi connectivity index (χ0v) is 12.6. The van der Waals surface area contributed by atoms with Crippen LogP contribution < -0.4 is 0 Å². The highest BCUT2D eigenvalue weighted by Gasteiger charge is 2.22. The topological polar surface area (TPSA) is 60.4 Å². The summed E-state index contributed by atoms with van der Waals surface area (Å²) >= 11 is 5.76. The molecule has 4 nitrogen and oxygen atoms in total. The van der Waals surface area contributed by atoms with Crippen LogP contribution in [-0.2, 0) is 19.4 Å². The van der Waals surface area contributed by atoms with Crippen LogP contribution in [0.15, 0.2) is 10.4 Å². The molecule has 0 saturated carbocycles. The van der Waals surface area contributed by atoms with E-state index in [0.717, 1.165) is 0 Å². The molecule has 0 aliphatic carbocycles. The molecule has 104 valence electrons. The molecule has 0 aromatic rings. The zero-order valence-electron chi connectivity index (χ0n) is 11.0. The van der Waals surface area contributed by atoms with Crippen molar-refractivity contribution in [3.8, 4) is 0 Å². The van der Waals surface area contributed by atoms with Crippen molar-refractivity contribution in [3.05, 3.63) is 17.4 Å². The van der Waals surface area contributed by atoms with Gasteiger partial charge in [0.25, 0.3) is 0 Å². The van der Waals surface area contributed by atoms with Crippen LogP contribution in [0, 0.1) is 12.8 Å². The van der Waals surface area contributed by atoms with E-state index >= 15 is 0 Å². The van der Waals surface area contributed by atoms with Gasteiger partial charge >= 0.3 is 5.97 Å². The SMILES string of the molecule is [CH2+]C(/C=C(\Cl)S(=O)(=O)C(C)C)CCC(=O)OCC. The smallest absolute Gasteiger partial charge is 0.305 e. The molecule has 0 fully saturated rings. The first kappa shape index (κ1) is 17.3. The Hall–Kier alpha value is -0.680. The van der Waals surface area contributed by atoms with Crippen LogP contribution in [0.5, 0.6) is 0 Å². The molecule has 0 bridgehead atoms. The zero-order chi connectivity index (χ0) is 14.3. The van der Waals surface area contributed by atoms with Crippen molar-refractivity contribution < 1.29 is 17.9 Å². The monoisotopic (exact) mass is 295 g/mol. The number of carbonyl (C=O) groups excluding carboxylic acids is 1. The summed E-state index contributed by atoms with van der Waals surface area (Å²) < 4.78 is 27.9. The van der Waals surface area contributed by atoms with Crippen molar-refractivity contribution in [2.75, 3.05) is 6.61 Å². The van der Waals surface area contributed by atoms with Crippen LogP contribution in [0.3, 0.4) is 0 Å². The lowest BCUT2D eigenvalue weighted by molar-refractivity contribution is -0.143. The molecule has 0 spiro atoms. The number of ether oxygens (including phenoxy) is 1. The van der Waals surface area contributed by atoms with E-state index in [9.17, 15) is 13.2 Å². The highest BCUT2D eigenvalue weighted by molar-refractivity contribution is 7.97. The van der Waals surface area contributed by atoms with Gasteiger partial charge in [0.15, 0.2) is 9.84 Å². The van der Waals surface area contributed by atoms with Crippen LogP contribution in [0.1, 0.15) is 33.6 Å². The maximum atomic E-state index is 11.7. The van der Waals surface area contributed by atoms with Gasteiger partial charge in [-0.05, 0) is 26.8 Å². The fourth-order valence-electron chi connectivity index (χ4n) is 1.13. The average Bonchev–Trinajstić information content (AvgIpc) is 2.26. The molecule has 0 aromatic heterocycles. The Bertz CT molecular complexity index is 398. The second-order valence-corrected chi connectivity index (χ2v) is 7.27. The summed E-state index contributed by atoms with van der Waals surface area (Å²) in [4.78, 5) is 11.1. The molecule has 0 N–H and O–H groups in total. The molecule has 0 aromatic carbocycles. The Balaban J connectivity index is 4.46. The summed E-state index contributed by atoms with van der Waals surface area (Å²) in [5.74, 6) is -0.655. The Morgan fingerprint density at radius 2 is 2.00 bits per heavy atom. The third kappa shape index (κ3) is 5.78. The molecule has 1 atom stereocenters. The molecule has 6 heteroatoms. The molecule has 18 heavy (non-hydrogen) atoms. The molecule has 0 aliphatic rings. The maximum absolute atomic E-state index is 11.7. The molecule has 0 heterocycles. The minimum Gasteiger partial charge on any atom is -0.466 e. The standard InChI is InChI=1S/C12H20ClO4S/c1-5-17-12(14)7-6-10(4)8-11(13)18(15,16)9(2)3/h8-10H,4-7H2,1-3H3/q+1/b11-8+. The van der Waals surface area contributed by atoms with Gasteiger partial charge in [-0.15, -0.1) is 0 Å². The first-order valence-electron chi connectivity index (χ1n) is 5.81. The fourth-order valence-corrected chi connectivity index (χ4v) is 2.67. The van der Waals surface area contributed by atoms with Crippen molar-refractivity contribution in [1.82, 2.24) is 0 Å². The molecular formula is C12H20ClO4S+. The van der Waals surface area contributed by atoms with Crippen LogP contribution in [0.4, 0.5) is 0 Å². The third-order valence-electron chi connectivity index (χ3n) is 2.28. The van der Waals surface area contributed by atoms with E-state index in [2.05, 4.69) is 6.92 Å². The number of sulfone groups is 1. The summed E-state index contributed by atoms with van der Waals surface area (Å²) in [5.41, 5.74) is 0. The van der Waals surface area contributed by atoms with Gasteiger partial charge in [-0.1, -0.05) is 11.6 Å². The van der Waals surface area contributed by atoms with E-state index in [1.54, 1.807) is 20.8 Å². The van der Waals surface area contributed by atoms with Gasteiger partial charge in [0.05, 0.1) is 25.2 Å². The second-order valence-electron chi connectivity index (χ2n) is 4.17. The first-order valence-corrected chi connectivity index (χ1v) is 7.74. The summed E-state index contributed by atoms with van der Waals surface area (Å²) in [5, 5.41) is -0.571. The Morgan fingerprint density at radius 3 is 2.44 bits per heavy atom. The predicted octanol–water partition coefficient (Wildman–Crippen LogP) is 2.68. The number of carbonyl (C=O) groups is 1. The highest BCUT2D eigenvalue weighted by Crippen LogP contribution is 2.21. The van der Waals surface area contributed by atoms with E-state index in [1.807, 2.05) is 0 Å². The molecule has 0 saturated heterocycles. The van der Waals surface area contributed by atoms with Crippen molar-refractivity contribution >= 4 is 27.4 Å². The minimum absolute atomic E-state index is 0.199. The van der Waals surface area contributed by atoms with Gasteiger partial charge in [0.2, 0.25) is 0 Å². The number of esters is 1. The molecule has 0 aliphatic heterocycles. The molecular weight excluding hydrogens is 276 g/mol. The molecule has 0 amide bonds. The van der Waals surface area contributed by atoms with Crippen molar-refractivity contribution in [1.29, 1.82) is 0 Å². The highest BCUT2D eigenvalue weighted by atomic mass is 35.5. The molecule has 1 unspecified atom stereocenters. The number of hydrogen-bond acceptors (Lipinski definition) is 4. The van der Waals surface area contributed by atoms with Gasteiger partial charge in [-0.2, -0.15) is 0 Å². The average molecular weight is 296 g/mol. The third-order valence-corrected chi connectivity index (χ3v) is 4.98. The van der Waals surface area contributed by atoms with Crippen molar-refractivity contribution in [3.63, 3.8) is 0 Å². The normalized spacial score (nSPS) is 14.6. The van der Waals surface area contributed by atoms with Crippen LogP contribution in [0.2, 0.25) is 0 Å². The fraction of sp³-hybridized carbons (Fsp3) is 0.667. The van der Waals surface area contributed by atoms with Crippen LogP contribution in [-0.4, -0.2) is 26.2 Å². The van der Waals surface area contributed by atoms with E-state index in [0.29, 0.717) is 13.0 Å².